The minimum Gasteiger partial charge on any atom is -0.466 e. The Hall–Kier alpha value is -1.91. The zero-order valence-electron chi connectivity index (χ0n) is 20.7. The average Bonchev–Trinajstić information content (AvgIpc) is 3.18. The maximum absolute atomic E-state index is 12.0. The lowest BCUT2D eigenvalue weighted by atomic mass is 10.1. The van der Waals surface area contributed by atoms with Gasteiger partial charge in [0.25, 0.3) is 0 Å². The van der Waals surface area contributed by atoms with Crippen LogP contribution in [-0.2, 0) is 27.8 Å². The van der Waals surface area contributed by atoms with Crippen LogP contribution in [0, 0.1) is 0 Å². The summed E-state index contributed by atoms with van der Waals surface area (Å²) in [7, 11) is 1.88. The molecule has 0 N–H and O–H groups in total. The Labute approximate surface area is 196 Å². The summed E-state index contributed by atoms with van der Waals surface area (Å²) in [6, 6.07) is 0. The predicted octanol–water partition coefficient (Wildman–Crippen LogP) is 6.89. The number of ketones is 1. The van der Waals surface area contributed by atoms with Crippen LogP contribution in [0.1, 0.15) is 115 Å². The number of nitrogens with zero attached hydrogens (tertiary/aromatic N) is 2. The number of aryl methyl sites for hydroxylation is 1. The molecule has 0 aliphatic carbocycles. The highest BCUT2D eigenvalue weighted by Crippen LogP contribution is 2.10. The van der Waals surface area contributed by atoms with Crippen LogP contribution in [0.3, 0.4) is 0 Å². The van der Waals surface area contributed by atoms with Crippen LogP contribution in [0.2, 0.25) is 0 Å². The maximum atomic E-state index is 12.0. The molecule has 0 atom stereocenters. The molecule has 182 valence electrons. The van der Waals surface area contributed by atoms with Crippen molar-refractivity contribution in [2.75, 3.05) is 6.61 Å². The summed E-state index contributed by atoms with van der Waals surface area (Å²) in [5, 5.41) is 0. The van der Waals surface area contributed by atoms with Crippen molar-refractivity contribution in [1.82, 2.24) is 9.55 Å². The number of Topliss-reactive ketones (excluding diaryl/α,β-unsaturated/α-hetero) is 1. The van der Waals surface area contributed by atoms with Gasteiger partial charge in [-0.1, -0.05) is 70.4 Å². The van der Waals surface area contributed by atoms with Gasteiger partial charge in [-0.3, -0.25) is 9.59 Å². The number of carbonyl (C=O) groups is 2. The minimum absolute atomic E-state index is 0.137. The van der Waals surface area contributed by atoms with Crippen molar-refractivity contribution in [2.24, 2.45) is 7.05 Å². The summed E-state index contributed by atoms with van der Waals surface area (Å²) >= 11 is 0. The monoisotopic (exact) mass is 446 g/mol. The summed E-state index contributed by atoms with van der Waals surface area (Å²) < 4.78 is 7.11. The molecule has 0 unspecified atom stereocenters. The SMILES string of the molecule is CCCCCCCC/C=C\CCCCCCCC(=O)OCCCC(=O)Cc1cncn1C. The smallest absolute Gasteiger partial charge is 0.305 e. The van der Waals surface area contributed by atoms with Crippen molar-refractivity contribution >= 4 is 11.8 Å². The molecular formula is C27H46N2O3. The van der Waals surface area contributed by atoms with Crippen LogP contribution >= 0.6 is 0 Å². The zero-order valence-corrected chi connectivity index (χ0v) is 20.7. The van der Waals surface area contributed by atoms with E-state index in [0.29, 0.717) is 32.3 Å². The Morgan fingerprint density at radius 1 is 0.875 bits per heavy atom. The zero-order chi connectivity index (χ0) is 23.3. The van der Waals surface area contributed by atoms with Crippen molar-refractivity contribution < 1.29 is 14.3 Å². The second-order valence-corrected chi connectivity index (χ2v) is 8.87. The number of allylic oxidation sites excluding steroid dienone is 2. The molecule has 5 nitrogen and oxygen atoms in total. The van der Waals surface area contributed by atoms with Crippen molar-refractivity contribution in [1.29, 1.82) is 0 Å². The van der Waals surface area contributed by atoms with Gasteiger partial charge in [0.1, 0.15) is 5.78 Å². The molecule has 0 saturated carbocycles. The highest BCUT2D eigenvalue weighted by molar-refractivity contribution is 5.80. The standard InChI is InChI=1S/C27H46N2O3/c1-3-4-5-6-7-8-9-10-11-12-13-14-15-16-17-20-27(31)32-21-18-19-26(30)22-25-23-28-24-29(25)2/h10-11,23-24H,3-9,12-22H2,1-2H3/b11-10-. The predicted molar refractivity (Wildman–Crippen MR) is 132 cm³/mol. The molecule has 0 aliphatic rings. The van der Waals surface area contributed by atoms with E-state index >= 15 is 0 Å². The fourth-order valence-corrected chi connectivity index (χ4v) is 3.71. The van der Waals surface area contributed by atoms with E-state index in [1.165, 1.54) is 70.6 Å². The molecule has 0 radical (unpaired) electrons. The van der Waals surface area contributed by atoms with E-state index < -0.39 is 0 Å². The fourth-order valence-electron chi connectivity index (χ4n) is 3.71. The summed E-state index contributed by atoms with van der Waals surface area (Å²) in [6.45, 7) is 2.60. The number of imidazole rings is 1. The van der Waals surface area contributed by atoms with Crippen molar-refractivity contribution in [2.45, 2.75) is 116 Å². The van der Waals surface area contributed by atoms with Gasteiger partial charge in [0.2, 0.25) is 0 Å². The van der Waals surface area contributed by atoms with E-state index in [1.54, 1.807) is 12.5 Å². The molecule has 0 aliphatic heterocycles. The van der Waals surface area contributed by atoms with Gasteiger partial charge in [0.05, 0.1) is 12.9 Å². The largest absolute Gasteiger partial charge is 0.466 e. The molecule has 0 amide bonds. The summed E-state index contributed by atoms with van der Waals surface area (Å²) in [4.78, 5) is 27.8. The molecule has 0 aromatic carbocycles. The third kappa shape index (κ3) is 15.8. The first-order chi connectivity index (χ1) is 15.6. The fraction of sp³-hybridized carbons (Fsp3) is 0.741. The van der Waals surface area contributed by atoms with E-state index in [2.05, 4.69) is 24.1 Å². The maximum Gasteiger partial charge on any atom is 0.305 e. The van der Waals surface area contributed by atoms with Gasteiger partial charge in [-0.2, -0.15) is 0 Å². The molecule has 1 aromatic heterocycles. The highest BCUT2D eigenvalue weighted by atomic mass is 16.5. The first-order valence-electron chi connectivity index (χ1n) is 12.9. The number of hydrogen-bond donors (Lipinski definition) is 0. The van der Waals surface area contributed by atoms with Crippen LogP contribution in [0.5, 0.6) is 0 Å². The Morgan fingerprint density at radius 3 is 2.12 bits per heavy atom. The van der Waals surface area contributed by atoms with Crippen LogP contribution in [-0.4, -0.2) is 27.9 Å². The normalized spacial score (nSPS) is 11.3. The lowest BCUT2D eigenvalue weighted by Crippen LogP contribution is -2.10. The Morgan fingerprint density at radius 2 is 1.50 bits per heavy atom. The number of esters is 1. The first kappa shape index (κ1) is 28.1. The van der Waals surface area contributed by atoms with E-state index in [0.717, 1.165) is 18.5 Å². The van der Waals surface area contributed by atoms with Crippen molar-refractivity contribution in [3.05, 3.63) is 30.4 Å². The first-order valence-corrected chi connectivity index (χ1v) is 12.9. The molecule has 1 aromatic rings. The van der Waals surface area contributed by atoms with Crippen molar-refractivity contribution in [3.63, 3.8) is 0 Å². The minimum atomic E-state index is -0.137. The Balaban J connectivity index is 1.84. The molecule has 0 fully saturated rings. The second-order valence-electron chi connectivity index (χ2n) is 8.87. The second kappa shape index (κ2) is 19.8. The summed E-state index contributed by atoms with van der Waals surface area (Å²) in [5.74, 6) is 0.0172. The topological polar surface area (TPSA) is 61.2 Å². The summed E-state index contributed by atoms with van der Waals surface area (Å²) in [5.41, 5.74) is 0.913. The molecule has 1 rings (SSSR count). The highest BCUT2D eigenvalue weighted by Gasteiger charge is 2.08. The Bertz CT molecular complexity index is 637. The van der Waals surface area contributed by atoms with Crippen LogP contribution in [0.4, 0.5) is 0 Å². The molecule has 32 heavy (non-hydrogen) atoms. The molecule has 0 saturated heterocycles. The van der Waals surface area contributed by atoms with Crippen LogP contribution in [0.15, 0.2) is 24.7 Å². The van der Waals surface area contributed by atoms with Gasteiger partial charge in [-0.05, 0) is 38.5 Å². The van der Waals surface area contributed by atoms with Crippen LogP contribution in [0.25, 0.3) is 0 Å². The van der Waals surface area contributed by atoms with Crippen molar-refractivity contribution in [3.8, 4) is 0 Å². The third-order valence-corrected chi connectivity index (χ3v) is 5.80. The quantitative estimate of drug-likeness (QED) is 0.117. The number of carbonyl (C=O) groups excluding carboxylic acids is 2. The summed E-state index contributed by atoms with van der Waals surface area (Å²) in [6.07, 6.45) is 26.2. The molecule has 0 spiro atoms. The lowest BCUT2D eigenvalue weighted by Gasteiger charge is -2.05. The van der Waals surface area contributed by atoms with Gasteiger partial charge >= 0.3 is 5.97 Å². The van der Waals surface area contributed by atoms with Crippen LogP contribution < -0.4 is 0 Å². The van der Waals surface area contributed by atoms with E-state index in [4.69, 9.17) is 4.74 Å². The Kier molecular flexibility index (Phi) is 17.4. The number of rotatable bonds is 21. The molecule has 5 heteroatoms. The van der Waals surface area contributed by atoms with Gasteiger partial charge in [-0.15, -0.1) is 0 Å². The molecule has 0 bridgehead atoms. The number of ether oxygens (including phenoxy) is 1. The average molecular weight is 447 g/mol. The van der Waals surface area contributed by atoms with E-state index in [9.17, 15) is 9.59 Å². The van der Waals surface area contributed by atoms with Gasteiger partial charge < -0.3 is 9.30 Å². The van der Waals surface area contributed by atoms with Gasteiger partial charge in [-0.25, -0.2) is 4.98 Å². The molecule has 1 heterocycles. The number of aromatic nitrogens is 2. The number of hydrogen-bond acceptors (Lipinski definition) is 4. The number of unbranched alkanes of at least 4 members (excludes halogenated alkanes) is 11. The van der Waals surface area contributed by atoms with Gasteiger partial charge in [0, 0.05) is 38.2 Å². The molecular weight excluding hydrogens is 400 g/mol. The van der Waals surface area contributed by atoms with Gasteiger partial charge in [0.15, 0.2) is 0 Å². The van der Waals surface area contributed by atoms with E-state index in [1.807, 2.05) is 11.6 Å². The van der Waals surface area contributed by atoms with E-state index in [-0.39, 0.29) is 11.8 Å². The third-order valence-electron chi connectivity index (χ3n) is 5.80. The lowest BCUT2D eigenvalue weighted by molar-refractivity contribution is -0.144.